The van der Waals surface area contributed by atoms with Crippen LogP contribution in [-0.4, -0.2) is 37.5 Å². The SMILES string of the molecule is C#CC(C)NCCCOCCO. The standard InChI is InChI=1S/C9H17NO2/c1-3-9(2)10-5-4-7-12-8-6-11/h1,9-11H,4-8H2,2H3. The molecule has 0 rings (SSSR count). The van der Waals surface area contributed by atoms with Gasteiger partial charge in [0.1, 0.15) is 0 Å². The summed E-state index contributed by atoms with van der Waals surface area (Å²) in [6.07, 6.45) is 6.08. The lowest BCUT2D eigenvalue weighted by molar-refractivity contribution is 0.0906. The van der Waals surface area contributed by atoms with Gasteiger partial charge in [-0.05, 0) is 19.9 Å². The Labute approximate surface area is 74.1 Å². The Kier molecular flexibility index (Phi) is 8.14. The topological polar surface area (TPSA) is 41.5 Å². The lowest BCUT2D eigenvalue weighted by atomic mass is 10.3. The number of rotatable bonds is 7. The minimum atomic E-state index is 0.0915. The molecule has 0 bridgehead atoms. The first-order valence-corrected chi connectivity index (χ1v) is 4.19. The van der Waals surface area contributed by atoms with Gasteiger partial charge in [0.25, 0.3) is 0 Å². The summed E-state index contributed by atoms with van der Waals surface area (Å²) in [5, 5.41) is 11.5. The van der Waals surface area contributed by atoms with Crippen molar-refractivity contribution in [2.75, 3.05) is 26.4 Å². The molecule has 3 nitrogen and oxygen atoms in total. The van der Waals surface area contributed by atoms with E-state index in [9.17, 15) is 0 Å². The molecule has 1 atom stereocenters. The van der Waals surface area contributed by atoms with Crippen LogP contribution in [0.4, 0.5) is 0 Å². The maximum absolute atomic E-state index is 8.38. The molecule has 0 radical (unpaired) electrons. The molecule has 0 aliphatic rings. The molecule has 0 aromatic heterocycles. The van der Waals surface area contributed by atoms with Crippen molar-refractivity contribution in [3.05, 3.63) is 0 Å². The monoisotopic (exact) mass is 171 g/mol. The van der Waals surface area contributed by atoms with E-state index in [1.54, 1.807) is 0 Å². The van der Waals surface area contributed by atoms with E-state index in [-0.39, 0.29) is 12.6 Å². The van der Waals surface area contributed by atoms with Crippen molar-refractivity contribution in [2.24, 2.45) is 0 Å². The lowest BCUT2D eigenvalue weighted by Crippen LogP contribution is -2.26. The Morgan fingerprint density at radius 3 is 2.92 bits per heavy atom. The van der Waals surface area contributed by atoms with Crippen molar-refractivity contribution in [3.8, 4) is 12.3 Å². The normalized spacial score (nSPS) is 12.4. The molecule has 0 aromatic carbocycles. The second-order valence-corrected chi connectivity index (χ2v) is 2.53. The highest BCUT2D eigenvalue weighted by atomic mass is 16.5. The number of aliphatic hydroxyl groups is 1. The molecular formula is C9H17NO2. The van der Waals surface area contributed by atoms with Crippen LogP contribution in [0.25, 0.3) is 0 Å². The van der Waals surface area contributed by atoms with Crippen LogP contribution in [0.1, 0.15) is 13.3 Å². The van der Waals surface area contributed by atoms with Crippen molar-refractivity contribution >= 4 is 0 Å². The molecule has 0 saturated heterocycles. The van der Waals surface area contributed by atoms with E-state index in [4.69, 9.17) is 16.3 Å². The first-order chi connectivity index (χ1) is 5.81. The zero-order valence-electron chi connectivity index (χ0n) is 7.55. The molecule has 0 saturated carbocycles. The molecule has 0 heterocycles. The fourth-order valence-corrected chi connectivity index (χ4v) is 0.718. The van der Waals surface area contributed by atoms with Gasteiger partial charge in [0.2, 0.25) is 0 Å². The molecule has 3 heteroatoms. The fourth-order valence-electron chi connectivity index (χ4n) is 0.718. The highest BCUT2D eigenvalue weighted by Gasteiger charge is 1.93. The van der Waals surface area contributed by atoms with Gasteiger partial charge in [-0.25, -0.2) is 0 Å². The predicted molar refractivity (Wildman–Crippen MR) is 48.8 cm³/mol. The Morgan fingerprint density at radius 1 is 1.58 bits per heavy atom. The Hall–Kier alpha value is -0.560. The zero-order valence-corrected chi connectivity index (χ0v) is 7.55. The summed E-state index contributed by atoms with van der Waals surface area (Å²) in [6.45, 7) is 3.98. The molecule has 0 aliphatic carbocycles. The van der Waals surface area contributed by atoms with Crippen molar-refractivity contribution in [1.29, 1.82) is 0 Å². The number of hydrogen-bond acceptors (Lipinski definition) is 3. The molecule has 0 aliphatic heterocycles. The number of terminal acetylenes is 1. The van der Waals surface area contributed by atoms with Gasteiger partial charge in [0.05, 0.1) is 19.3 Å². The van der Waals surface area contributed by atoms with Crippen LogP contribution < -0.4 is 5.32 Å². The summed E-state index contributed by atoms with van der Waals surface area (Å²) >= 11 is 0. The zero-order chi connectivity index (χ0) is 9.23. The highest BCUT2D eigenvalue weighted by Crippen LogP contribution is 1.82. The summed E-state index contributed by atoms with van der Waals surface area (Å²) in [4.78, 5) is 0. The van der Waals surface area contributed by atoms with Gasteiger partial charge in [0, 0.05) is 6.61 Å². The summed E-state index contributed by atoms with van der Waals surface area (Å²) in [7, 11) is 0. The van der Waals surface area contributed by atoms with Gasteiger partial charge in [-0.1, -0.05) is 5.92 Å². The predicted octanol–water partition coefficient (Wildman–Crippen LogP) is -0.00330. The summed E-state index contributed by atoms with van der Waals surface area (Å²) < 4.78 is 5.06. The second-order valence-electron chi connectivity index (χ2n) is 2.53. The minimum Gasteiger partial charge on any atom is -0.394 e. The fraction of sp³-hybridized carbons (Fsp3) is 0.778. The lowest BCUT2D eigenvalue weighted by Gasteiger charge is -2.06. The molecule has 0 fully saturated rings. The van der Waals surface area contributed by atoms with Crippen molar-refractivity contribution < 1.29 is 9.84 Å². The number of nitrogens with one attached hydrogen (secondary N) is 1. The van der Waals surface area contributed by atoms with Crippen molar-refractivity contribution in [2.45, 2.75) is 19.4 Å². The van der Waals surface area contributed by atoms with Crippen molar-refractivity contribution in [3.63, 3.8) is 0 Å². The first kappa shape index (κ1) is 11.4. The molecule has 0 amide bonds. The Balaban J connectivity index is 2.96. The van der Waals surface area contributed by atoms with Crippen LogP contribution >= 0.6 is 0 Å². The minimum absolute atomic E-state index is 0.0915. The maximum atomic E-state index is 8.38. The molecule has 1 unspecified atom stereocenters. The summed E-state index contributed by atoms with van der Waals surface area (Å²) in [6, 6.07) is 0.128. The number of aliphatic hydroxyl groups excluding tert-OH is 1. The quantitative estimate of drug-likeness (QED) is 0.418. The average Bonchev–Trinajstić information content (AvgIpc) is 2.10. The number of ether oxygens (including phenoxy) is 1. The molecule has 0 aromatic rings. The van der Waals surface area contributed by atoms with Gasteiger partial charge < -0.3 is 15.2 Å². The molecule has 12 heavy (non-hydrogen) atoms. The van der Waals surface area contributed by atoms with Crippen LogP contribution in [0.5, 0.6) is 0 Å². The van der Waals surface area contributed by atoms with E-state index in [0.717, 1.165) is 13.0 Å². The molecule has 0 spiro atoms. The van der Waals surface area contributed by atoms with E-state index in [0.29, 0.717) is 13.2 Å². The molecule has 70 valence electrons. The average molecular weight is 171 g/mol. The van der Waals surface area contributed by atoms with Crippen LogP contribution in [-0.2, 0) is 4.74 Å². The van der Waals surface area contributed by atoms with Crippen LogP contribution in [0.2, 0.25) is 0 Å². The van der Waals surface area contributed by atoms with E-state index >= 15 is 0 Å². The summed E-state index contributed by atoms with van der Waals surface area (Å²) in [5.74, 6) is 2.58. The van der Waals surface area contributed by atoms with Crippen LogP contribution in [0.3, 0.4) is 0 Å². The highest BCUT2D eigenvalue weighted by molar-refractivity contribution is 4.95. The Morgan fingerprint density at radius 2 is 2.33 bits per heavy atom. The van der Waals surface area contributed by atoms with Crippen LogP contribution in [0, 0.1) is 12.3 Å². The second kappa shape index (κ2) is 8.54. The van der Waals surface area contributed by atoms with Gasteiger partial charge in [0.15, 0.2) is 0 Å². The van der Waals surface area contributed by atoms with E-state index in [2.05, 4.69) is 11.2 Å². The summed E-state index contributed by atoms with van der Waals surface area (Å²) in [5.41, 5.74) is 0. The van der Waals surface area contributed by atoms with Gasteiger partial charge in [-0.15, -0.1) is 6.42 Å². The van der Waals surface area contributed by atoms with E-state index in [1.807, 2.05) is 6.92 Å². The maximum Gasteiger partial charge on any atom is 0.0697 e. The largest absolute Gasteiger partial charge is 0.394 e. The molecule has 2 N–H and O–H groups in total. The third-order valence-corrected chi connectivity index (χ3v) is 1.40. The smallest absolute Gasteiger partial charge is 0.0697 e. The van der Waals surface area contributed by atoms with Gasteiger partial charge >= 0.3 is 0 Å². The van der Waals surface area contributed by atoms with Crippen LogP contribution in [0.15, 0.2) is 0 Å². The van der Waals surface area contributed by atoms with E-state index < -0.39 is 0 Å². The third-order valence-electron chi connectivity index (χ3n) is 1.40. The first-order valence-electron chi connectivity index (χ1n) is 4.19. The van der Waals surface area contributed by atoms with Gasteiger partial charge in [-0.2, -0.15) is 0 Å². The molecular weight excluding hydrogens is 154 g/mol. The van der Waals surface area contributed by atoms with Gasteiger partial charge in [-0.3, -0.25) is 0 Å². The number of hydrogen-bond donors (Lipinski definition) is 2. The van der Waals surface area contributed by atoms with E-state index in [1.165, 1.54) is 0 Å². The third kappa shape index (κ3) is 7.55. The van der Waals surface area contributed by atoms with Crippen molar-refractivity contribution in [1.82, 2.24) is 5.32 Å². The Bertz CT molecular complexity index is 131.